The summed E-state index contributed by atoms with van der Waals surface area (Å²) in [6.07, 6.45) is 5.50. The highest BCUT2D eigenvalue weighted by atomic mass is 16.4. The van der Waals surface area contributed by atoms with E-state index in [0.29, 0.717) is 25.9 Å². The minimum atomic E-state index is -1.25. The number of unbranched alkanes of at least 4 members (excludes halogenated alkanes) is 3. The molecule has 150 valence electrons. The molecule has 0 aliphatic carbocycles. The van der Waals surface area contributed by atoms with Crippen molar-refractivity contribution in [3.05, 3.63) is 0 Å². The molecule has 1 aliphatic heterocycles. The summed E-state index contributed by atoms with van der Waals surface area (Å²) in [5.41, 5.74) is 5.49. The number of nitrogens with two attached hydrogens (primary N) is 1. The fourth-order valence-corrected chi connectivity index (χ4v) is 4.35. The molecule has 3 N–H and O–H groups in total. The van der Waals surface area contributed by atoms with Crippen LogP contribution in [-0.2, 0) is 14.4 Å². The van der Waals surface area contributed by atoms with Crippen LogP contribution in [0.3, 0.4) is 0 Å². The second-order valence-corrected chi connectivity index (χ2v) is 7.99. The Balaban J connectivity index is 2.92. The summed E-state index contributed by atoms with van der Waals surface area (Å²) in [4.78, 5) is 35.6. The predicted octanol–water partition coefficient (Wildman–Crippen LogP) is 0.898. The van der Waals surface area contributed by atoms with Gasteiger partial charge in [-0.05, 0) is 19.4 Å². The summed E-state index contributed by atoms with van der Waals surface area (Å²) in [6.45, 7) is 4.64. The minimum absolute atomic E-state index is 0.0443. The van der Waals surface area contributed by atoms with Gasteiger partial charge in [0, 0.05) is 18.8 Å². The van der Waals surface area contributed by atoms with E-state index in [4.69, 9.17) is 10.8 Å². The maximum absolute atomic E-state index is 13.2. The molecule has 1 rings (SSSR count). The lowest BCUT2D eigenvalue weighted by Crippen LogP contribution is -2.61. The normalized spacial score (nSPS) is 25.8. The van der Waals surface area contributed by atoms with Gasteiger partial charge < -0.3 is 20.7 Å². The summed E-state index contributed by atoms with van der Waals surface area (Å²) in [5.74, 6) is -2.27. The summed E-state index contributed by atoms with van der Waals surface area (Å²) < 4.78 is -0.152. The lowest BCUT2D eigenvalue weighted by Gasteiger charge is -2.39. The van der Waals surface area contributed by atoms with Crippen LogP contribution in [0.1, 0.15) is 65.2 Å². The zero-order chi connectivity index (χ0) is 19.7. The molecule has 7 heteroatoms. The molecule has 0 aromatic heterocycles. The summed E-state index contributed by atoms with van der Waals surface area (Å²) in [6, 6.07) is -0.257. The fourth-order valence-electron chi connectivity index (χ4n) is 4.35. The van der Waals surface area contributed by atoms with E-state index in [1.165, 1.54) is 0 Å². The van der Waals surface area contributed by atoms with Crippen molar-refractivity contribution >= 4 is 17.8 Å². The highest BCUT2D eigenvalue weighted by Gasteiger charge is 2.54. The van der Waals surface area contributed by atoms with Gasteiger partial charge in [0.25, 0.3) is 0 Å². The number of hydrogen-bond acceptors (Lipinski definition) is 5. The molecule has 0 bridgehead atoms. The molecule has 7 nitrogen and oxygen atoms in total. The second-order valence-electron chi connectivity index (χ2n) is 7.99. The Labute approximate surface area is 156 Å². The lowest BCUT2D eigenvalue weighted by molar-refractivity contribution is -0.869. The number of likely N-dealkylation sites (tertiary alicyclic amines) is 1. The Morgan fingerprint density at radius 3 is 2.42 bits per heavy atom. The molecule has 1 saturated heterocycles. The number of carboxylic acid groups (broad SMARTS) is 2. The first-order valence-corrected chi connectivity index (χ1v) is 9.75. The SMILES string of the molecule is CC(C)C[N+]1(CC(=O)[O-])C(=O)[C@H](CCCCCCN)C[C@H]1CCC(=O)O. The van der Waals surface area contributed by atoms with Gasteiger partial charge in [0.05, 0.1) is 30.9 Å². The van der Waals surface area contributed by atoms with Crippen LogP contribution in [0.5, 0.6) is 0 Å². The summed E-state index contributed by atoms with van der Waals surface area (Å²) in [5, 5.41) is 20.4. The smallest absolute Gasteiger partial charge is 0.317 e. The monoisotopic (exact) mass is 370 g/mol. The number of nitrogens with zero attached hydrogens (tertiary/aromatic N) is 1. The van der Waals surface area contributed by atoms with E-state index in [2.05, 4.69) is 0 Å². The van der Waals surface area contributed by atoms with E-state index in [0.717, 1.165) is 32.1 Å². The van der Waals surface area contributed by atoms with Crippen LogP contribution in [0.15, 0.2) is 0 Å². The standard InChI is InChI=1S/C19H34N2O5/c1-14(2)12-21(13-18(24)25)16(8-9-17(22)23)11-15(19(21)26)7-5-3-4-6-10-20/h14-16H,3-13,20H2,1-2H3,(H-,22,23,24,25)/t15-,16-,21?/m1/s1. The number of amides is 1. The Morgan fingerprint density at radius 1 is 1.23 bits per heavy atom. The topological polar surface area (TPSA) is 121 Å². The number of aliphatic carboxylic acids is 2. The quantitative estimate of drug-likeness (QED) is 0.367. The second kappa shape index (κ2) is 10.6. The first-order valence-electron chi connectivity index (χ1n) is 9.75. The van der Waals surface area contributed by atoms with Crippen LogP contribution >= 0.6 is 0 Å². The molecule has 26 heavy (non-hydrogen) atoms. The number of carboxylic acids is 2. The third kappa shape index (κ3) is 6.36. The third-order valence-corrected chi connectivity index (χ3v) is 5.34. The van der Waals surface area contributed by atoms with Gasteiger partial charge in [-0.15, -0.1) is 0 Å². The van der Waals surface area contributed by atoms with Crippen molar-refractivity contribution in [1.82, 2.24) is 0 Å². The highest BCUT2D eigenvalue weighted by Crippen LogP contribution is 2.38. The molecule has 1 fully saturated rings. The summed E-state index contributed by atoms with van der Waals surface area (Å²) in [7, 11) is 0. The van der Waals surface area contributed by atoms with Crippen LogP contribution < -0.4 is 10.8 Å². The van der Waals surface area contributed by atoms with Crippen molar-refractivity contribution in [2.75, 3.05) is 19.6 Å². The van der Waals surface area contributed by atoms with Crippen molar-refractivity contribution < 1.29 is 29.1 Å². The van der Waals surface area contributed by atoms with E-state index in [-0.39, 0.29) is 41.2 Å². The molecule has 0 spiro atoms. The van der Waals surface area contributed by atoms with Crippen molar-refractivity contribution in [2.24, 2.45) is 17.6 Å². The van der Waals surface area contributed by atoms with Gasteiger partial charge in [0.15, 0.2) is 0 Å². The van der Waals surface area contributed by atoms with Gasteiger partial charge in [-0.25, -0.2) is 4.79 Å². The molecular weight excluding hydrogens is 336 g/mol. The first-order chi connectivity index (χ1) is 12.2. The molecule has 0 aromatic rings. The van der Waals surface area contributed by atoms with Gasteiger partial charge >= 0.3 is 11.9 Å². The Morgan fingerprint density at radius 2 is 1.88 bits per heavy atom. The van der Waals surface area contributed by atoms with Gasteiger partial charge in [0.2, 0.25) is 0 Å². The number of hydrogen-bond donors (Lipinski definition) is 2. The molecule has 1 unspecified atom stereocenters. The predicted molar refractivity (Wildman–Crippen MR) is 95.8 cm³/mol. The summed E-state index contributed by atoms with van der Waals surface area (Å²) >= 11 is 0. The van der Waals surface area contributed by atoms with E-state index in [1.54, 1.807) is 0 Å². The average molecular weight is 370 g/mol. The van der Waals surface area contributed by atoms with Crippen LogP contribution in [-0.4, -0.2) is 53.1 Å². The Hall–Kier alpha value is -1.47. The van der Waals surface area contributed by atoms with E-state index in [1.807, 2.05) is 13.8 Å². The van der Waals surface area contributed by atoms with Gasteiger partial charge in [0.1, 0.15) is 6.54 Å². The minimum Gasteiger partial charge on any atom is -0.544 e. The number of quaternary nitrogens is 1. The fraction of sp³-hybridized carbons (Fsp3) is 0.842. The molecule has 3 atom stereocenters. The van der Waals surface area contributed by atoms with Gasteiger partial charge in [-0.3, -0.25) is 9.28 Å². The van der Waals surface area contributed by atoms with Crippen LogP contribution in [0.2, 0.25) is 0 Å². The maximum atomic E-state index is 13.2. The molecule has 1 aliphatic rings. The van der Waals surface area contributed by atoms with Crippen molar-refractivity contribution in [1.29, 1.82) is 0 Å². The average Bonchev–Trinajstić information content (AvgIpc) is 2.76. The largest absolute Gasteiger partial charge is 0.544 e. The molecule has 0 aromatic carbocycles. The molecular formula is C19H34N2O5. The third-order valence-electron chi connectivity index (χ3n) is 5.34. The van der Waals surface area contributed by atoms with Gasteiger partial charge in [-0.1, -0.05) is 33.1 Å². The molecule has 1 amide bonds. The van der Waals surface area contributed by atoms with Crippen molar-refractivity contribution in [2.45, 2.75) is 71.3 Å². The maximum Gasteiger partial charge on any atom is 0.317 e. The van der Waals surface area contributed by atoms with Crippen LogP contribution in [0, 0.1) is 11.8 Å². The lowest BCUT2D eigenvalue weighted by atomic mass is 9.96. The molecule has 1 heterocycles. The number of rotatable bonds is 13. The Kier molecular flexibility index (Phi) is 9.22. The zero-order valence-electron chi connectivity index (χ0n) is 16.1. The molecule has 0 saturated carbocycles. The van der Waals surface area contributed by atoms with Crippen LogP contribution in [0.4, 0.5) is 0 Å². The zero-order valence-corrected chi connectivity index (χ0v) is 16.1. The van der Waals surface area contributed by atoms with E-state index in [9.17, 15) is 19.5 Å². The number of carbonyl (C=O) groups excluding carboxylic acids is 2. The van der Waals surface area contributed by atoms with Crippen LogP contribution in [0.25, 0.3) is 0 Å². The number of carbonyl (C=O) groups is 3. The van der Waals surface area contributed by atoms with Gasteiger partial charge in [-0.2, -0.15) is 0 Å². The molecule has 0 radical (unpaired) electrons. The Bertz CT molecular complexity index is 494. The highest BCUT2D eigenvalue weighted by molar-refractivity contribution is 5.77. The van der Waals surface area contributed by atoms with E-state index < -0.39 is 11.9 Å². The first kappa shape index (κ1) is 22.6. The van der Waals surface area contributed by atoms with Crippen molar-refractivity contribution in [3.8, 4) is 0 Å². The van der Waals surface area contributed by atoms with E-state index >= 15 is 0 Å². The van der Waals surface area contributed by atoms with Crippen molar-refractivity contribution in [3.63, 3.8) is 0 Å².